The maximum atomic E-state index is 5.15. The van der Waals surface area contributed by atoms with Crippen LogP contribution in [0.25, 0.3) is 0 Å². The van der Waals surface area contributed by atoms with Crippen LogP contribution < -0.4 is 10.1 Å². The number of ether oxygens (including phenoxy) is 1. The molecule has 118 valence electrons. The Bertz CT molecular complexity index is 578. The van der Waals surface area contributed by atoms with E-state index in [-0.39, 0.29) is 0 Å². The van der Waals surface area contributed by atoms with Crippen molar-refractivity contribution in [2.75, 3.05) is 18.2 Å². The molecule has 1 aliphatic carbocycles. The average molecular weight is 318 g/mol. The average Bonchev–Trinajstić information content (AvgIpc) is 3.02. The summed E-state index contributed by atoms with van der Waals surface area (Å²) in [6.45, 7) is 0. The molecule has 0 spiro atoms. The van der Waals surface area contributed by atoms with Gasteiger partial charge in [0.25, 0.3) is 0 Å². The van der Waals surface area contributed by atoms with E-state index in [2.05, 4.69) is 20.5 Å². The number of hydrogen-bond acceptors (Lipinski definition) is 5. The van der Waals surface area contributed by atoms with Crippen LogP contribution in [0, 0.1) is 5.92 Å². The van der Waals surface area contributed by atoms with Gasteiger partial charge in [0.15, 0.2) is 0 Å². The number of rotatable bonds is 6. The minimum absolute atomic E-state index is 0.677. The minimum Gasteiger partial charge on any atom is -0.497 e. The summed E-state index contributed by atoms with van der Waals surface area (Å²) >= 11 is 1.75. The van der Waals surface area contributed by atoms with Crippen molar-refractivity contribution in [1.29, 1.82) is 0 Å². The van der Waals surface area contributed by atoms with Crippen LogP contribution in [0.1, 0.15) is 32.1 Å². The quantitative estimate of drug-likeness (QED) is 0.780. The second-order valence-corrected chi connectivity index (χ2v) is 6.62. The Morgan fingerprint density at radius 3 is 2.73 bits per heavy atom. The van der Waals surface area contributed by atoms with E-state index in [4.69, 9.17) is 4.74 Å². The number of nitrogens with one attached hydrogen (secondary N) is 2. The van der Waals surface area contributed by atoms with Crippen LogP contribution in [0.2, 0.25) is 0 Å². The van der Waals surface area contributed by atoms with Gasteiger partial charge < -0.3 is 10.1 Å². The highest BCUT2D eigenvalue weighted by atomic mass is 32.2. The molecule has 0 unspecified atom stereocenters. The summed E-state index contributed by atoms with van der Waals surface area (Å²) in [4.78, 5) is 4.49. The molecule has 0 bridgehead atoms. The summed E-state index contributed by atoms with van der Waals surface area (Å²) in [5, 5.41) is 11.3. The van der Waals surface area contributed by atoms with Gasteiger partial charge >= 0.3 is 0 Å². The lowest BCUT2D eigenvalue weighted by molar-refractivity contribution is 0.391. The van der Waals surface area contributed by atoms with Gasteiger partial charge in [0.2, 0.25) is 11.1 Å². The zero-order chi connectivity index (χ0) is 15.2. The summed E-state index contributed by atoms with van der Waals surface area (Å²) < 4.78 is 5.15. The Kier molecular flexibility index (Phi) is 5.21. The first kappa shape index (κ1) is 15.2. The van der Waals surface area contributed by atoms with Gasteiger partial charge in [0.1, 0.15) is 5.75 Å². The van der Waals surface area contributed by atoms with E-state index in [0.29, 0.717) is 5.95 Å². The Balaban J connectivity index is 1.51. The van der Waals surface area contributed by atoms with Crippen molar-refractivity contribution in [3.8, 4) is 5.75 Å². The molecule has 1 fully saturated rings. The fourth-order valence-electron chi connectivity index (χ4n) is 2.72. The zero-order valence-electron chi connectivity index (χ0n) is 12.8. The maximum Gasteiger partial charge on any atom is 0.223 e. The molecule has 1 aromatic carbocycles. The zero-order valence-corrected chi connectivity index (χ0v) is 13.7. The lowest BCUT2D eigenvalue weighted by Crippen LogP contribution is -2.08. The Morgan fingerprint density at radius 2 is 2.00 bits per heavy atom. The molecule has 2 aromatic rings. The molecule has 3 rings (SSSR count). The molecule has 1 aliphatic rings. The van der Waals surface area contributed by atoms with Gasteiger partial charge in [-0.05, 0) is 43.0 Å². The normalized spacial score (nSPS) is 15.7. The number of nitrogens with zero attached hydrogens (tertiary/aromatic N) is 2. The first-order chi connectivity index (χ1) is 10.8. The van der Waals surface area contributed by atoms with Crippen LogP contribution in [0.3, 0.4) is 0 Å². The molecule has 0 atom stereocenters. The summed E-state index contributed by atoms with van der Waals surface area (Å²) in [5.41, 5.74) is 0.959. The molecule has 5 nitrogen and oxygen atoms in total. The van der Waals surface area contributed by atoms with Gasteiger partial charge in [-0.15, -0.1) is 5.10 Å². The molecular formula is C16H22N4OS. The molecule has 22 heavy (non-hydrogen) atoms. The molecule has 1 heterocycles. The van der Waals surface area contributed by atoms with Crippen molar-refractivity contribution in [2.45, 2.75) is 37.3 Å². The van der Waals surface area contributed by atoms with Crippen molar-refractivity contribution in [2.24, 2.45) is 5.92 Å². The highest BCUT2D eigenvalue weighted by Gasteiger charge is 2.15. The molecule has 6 heteroatoms. The smallest absolute Gasteiger partial charge is 0.223 e. The highest BCUT2D eigenvalue weighted by molar-refractivity contribution is 7.99. The van der Waals surface area contributed by atoms with E-state index in [1.54, 1.807) is 18.9 Å². The van der Waals surface area contributed by atoms with Crippen molar-refractivity contribution in [3.05, 3.63) is 24.3 Å². The topological polar surface area (TPSA) is 62.8 Å². The number of aromatic nitrogens is 3. The summed E-state index contributed by atoms with van der Waals surface area (Å²) in [7, 11) is 1.66. The molecule has 0 saturated heterocycles. The summed E-state index contributed by atoms with van der Waals surface area (Å²) in [6, 6.07) is 7.74. The van der Waals surface area contributed by atoms with Crippen molar-refractivity contribution in [1.82, 2.24) is 15.2 Å². The van der Waals surface area contributed by atoms with Gasteiger partial charge in [0, 0.05) is 11.4 Å². The van der Waals surface area contributed by atoms with Gasteiger partial charge in [-0.3, -0.25) is 0 Å². The first-order valence-corrected chi connectivity index (χ1v) is 8.78. The standard InChI is InChI=1S/C16H22N4OS/c1-21-14-9-7-13(8-10-14)17-15-18-16(20-19-15)22-11-12-5-3-2-4-6-12/h7-10,12H,2-6,11H2,1H3,(H2,17,18,19,20). The Labute approximate surface area is 135 Å². The van der Waals surface area contributed by atoms with E-state index >= 15 is 0 Å². The van der Waals surface area contributed by atoms with Gasteiger partial charge in [-0.2, -0.15) is 4.98 Å². The fraction of sp³-hybridized carbons (Fsp3) is 0.500. The largest absolute Gasteiger partial charge is 0.497 e. The monoisotopic (exact) mass is 318 g/mol. The third kappa shape index (κ3) is 4.16. The third-order valence-corrected chi connectivity index (χ3v) is 5.07. The number of thioether (sulfide) groups is 1. The highest BCUT2D eigenvalue weighted by Crippen LogP contribution is 2.29. The van der Waals surface area contributed by atoms with Crippen molar-refractivity contribution < 1.29 is 4.74 Å². The molecule has 0 amide bonds. The van der Waals surface area contributed by atoms with Crippen LogP contribution in [0.4, 0.5) is 11.6 Å². The molecule has 1 saturated carbocycles. The molecular weight excluding hydrogens is 296 g/mol. The number of methoxy groups -OCH3 is 1. The van der Waals surface area contributed by atoms with E-state index in [1.165, 1.54) is 32.1 Å². The van der Waals surface area contributed by atoms with E-state index in [0.717, 1.165) is 28.3 Å². The predicted octanol–water partition coefficient (Wildman–Crippen LogP) is 4.23. The summed E-state index contributed by atoms with van der Waals surface area (Å²) in [5.74, 6) is 3.47. The van der Waals surface area contributed by atoms with Gasteiger partial charge in [-0.1, -0.05) is 31.0 Å². The van der Waals surface area contributed by atoms with Crippen LogP contribution in [-0.2, 0) is 0 Å². The van der Waals surface area contributed by atoms with E-state index in [1.807, 2.05) is 24.3 Å². The van der Waals surface area contributed by atoms with E-state index in [9.17, 15) is 0 Å². The SMILES string of the molecule is COc1ccc(Nc2nc(SCC3CCCCC3)n[nH]2)cc1. The lowest BCUT2D eigenvalue weighted by Gasteiger charge is -2.20. The van der Waals surface area contributed by atoms with Crippen LogP contribution in [0.15, 0.2) is 29.4 Å². The van der Waals surface area contributed by atoms with Crippen LogP contribution >= 0.6 is 11.8 Å². The van der Waals surface area contributed by atoms with Crippen molar-refractivity contribution in [3.63, 3.8) is 0 Å². The minimum atomic E-state index is 0.677. The van der Waals surface area contributed by atoms with Gasteiger partial charge in [-0.25, -0.2) is 5.10 Å². The first-order valence-electron chi connectivity index (χ1n) is 7.80. The third-order valence-electron chi connectivity index (χ3n) is 3.99. The van der Waals surface area contributed by atoms with Crippen LogP contribution in [0.5, 0.6) is 5.75 Å². The number of hydrogen-bond donors (Lipinski definition) is 2. The fourth-order valence-corrected chi connectivity index (χ4v) is 3.71. The van der Waals surface area contributed by atoms with E-state index < -0.39 is 0 Å². The lowest BCUT2D eigenvalue weighted by atomic mass is 9.91. The van der Waals surface area contributed by atoms with Gasteiger partial charge in [0.05, 0.1) is 7.11 Å². The molecule has 0 aliphatic heterocycles. The van der Waals surface area contributed by atoms with Crippen molar-refractivity contribution >= 4 is 23.4 Å². The Hall–Kier alpha value is -1.69. The predicted molar refractivity (Wildman–Crippen MR) is 90.0 cm³/mol. The van der Waals surface area contributed by atoms with Crippen LogP contribution in [-0.4, -0.2) is 28.0 Å². The molecule has 1 aromatic heterocycles. The number of H-pyrrole nitrogens is 1. The number of anilines is 2. The maximum absolute atomic E-state index is 5.15. The number of benzene rings is 1. The number of aromatic amines is 1. The second kappa shape index (κ2) is 7.54. The molecule has 2 N–H and O–H groups in total. The summed E-state index contributed by atoms with van der Waals surface area (Å²) in [6.07, 6.45) is 6.87. The molecule has 0 radical (unpaired) electrons. The Morgan fingerprint density at radius 1 is 1.23 bits per heavy atom. The second-order valence-electron chi connectivity index (χ2n) is 5.64.